The molecular formula is C5H7ClF3NO. The van der Waals surface area contributed by atoms with Crippen molar-refractivity contribution in [2.75, 3.05) is 13.2 Å². The van der Waals surface area contributed by atoms with Crippen molar-refractivity contribution in [1.29, 1.82) is 0 Å². The van der Waals surface area contributed by atoms with Crippen LogP contribution in [0.25, 0.3) is 0 Å². The first kappa shape index (κ1) is 9.09. The average molecular weight is 190 g/mol. The molecule has 0 aliphatic carbocycles. The van der Waals surface area contributed by atoms with Crippen LogP contribution in [0, 0.1) is 0 Å². The van der Waals surface area contributed by atoms with Gasteiger partial charge in [0.05, 0.1) is 6.61 Å². The maximum atomic E-state index is 12.0. The molecule has 0 amide bonds. The van der Waals surface area contributed by atoms with Crippen molar-refractivity contribution in [2.24, 2.45) is 0 Å². The Bertz CT molecular complexity index is 140. The van der Waals surface area contributed by atoms with E-state index in [1.54, 1.807) is 0 Å². The van der Waals surface area contributed by atoms with Gasteiger partial charge in [0, 0.05) is 6.54 Å². The first-order chi connectivity index (χ1) is 5.02. The number of halogens is 4. The molecule has 11 heavy (non-hydrogen) atoms. The minimum atomic E-state index is -4.33. The highest BCUT2D eigenvalue weighted by atomic mass is 35.5. The number of alkyl halides is 4. The summed E-state index contributed by atoms with van der Waals surface area (Å²) in [6.45, 7) is 0.411. The number of hydrogen-bond acceptors (Lipinski definition) is 2. The Balaban J connectivity index is 2.55. The first-order valence-corrected chi connectivity index (χ1v) is 3.51. The summed E-state index contributed by atoms with van der Waals surface area (Å²) in [6.07, 6.45) is -4.33. The Labute approximate surface area is 66.7 Å². The van der Waals surface area contributed by atoms with Crippen LogP contribution in [-0.4, -0.2) is 30.9 Å². The van der Waals surface area contributed by atoms with E-state index in [9.17, 15) is 13.2 Å². The third-order valence-corrected chi connectivity index (χ3v) is 1.74. The second-order valence-corrected chi connectivity index (χ2v) is 2.63. The Morgan fingerprint density at radius 1 is 1.45 bits per heavy atom. The van der Waals surface area contributed by atoms with Crippen LogP contribution >= 0.6 is 11.6 Å². The predicted molar refractivity (Wildman–Crippen MR) is 33.4 cm³/mol. The summed E-state index contributed by atoms with van der Waals surface area (Å²) in [5.41, 5.74) is -1.30. The molecule has 1 saturated heterocycles. The van der Waals surface area contributed by atoms with E-state index >= 15 is 0 Å². The van der Waals surface area contributed by atoms with Crippen molar-refractivity contribution in [3.05, 3.63) is 0 Å². The SMILES string of the molecule is FC(F)(F)C1NCCOC1Cl. The van der Waals surface area contributed by atoms with Crippen LogP contribution in [0.4, 0.5) is 13.2 Å². The molecule has 0 radical (unpaired) electrons. The summed E-state index contributed by atoms with van der Waals surface area (Å²) < 4.78 is 40.5. The second-order valence-electron chi connectivity index (χ2n) is 2.20. The minimum Gasteiger partial charge on any atom is -0.359 e. The van der Waals surface area contributed by atoms with Crippen molar-refractivity contribution in [3.8, 4) is 0 Å². The number of rotatable bonds is 0. The number of hydrogen-bond donors (Lipinski definition) is 1. The summed E-state index contributed by atoms with van der Waals surface area (Å²) in [5.74, 6) is 0. The van der Waals surface area contributed by atoms with Gasteiger partial charge in [-0.25, -0.2) is 0 Å². The van der Waals surface area contributed by atoms with Gasteiger partial charge in [0.2, 0.25) is 0 Å². The van der Waals surface area contributed by atoms with Crippen LogP contribution in [0.3, 0.4) is 0 Å². The normalized spacial score (nSPS) is 33.8. The third kappa shape index (κ3) is 2.21. The quantitative estimate of drug-likeness (QED) is 0.577. The van der Waals surface area contributed by atoms with Gasteiger partial charge in [-0.3, -0.25) is 0 Å². The summed E-state index contributed by atoms with van der Waals surface area (Å²) in [7, 11) is 0. The van der Waals surface area contributed by atoms with E-state index in [2.05, 4.69) is 10.1 Å². The van der Waals surface area contributed by atoms with Gasteiger partial charge in [0.15, 0.2) is 5.56 Å². The zero-order chi connectivity index (χ0) is 8.48. The standard InChI is InChI=1S/C5H7ClF3NO/c6-4-3(5(7,8)9)10-1-2-11-4/h3-4,10H,1-2H2. The lowest BCUT2D eigenvalue weighted by Gasteiger charge is -2.29. The molecule has 1 heterocycles. The first-order valence-electron chi connectivity index (χ1n) is 3.07. The van der Waals surface area contributed by atoms with Gasteiger partial charge in [0.25, 0.3) is 0 Å². The zero-order valence-corrected chi connectivity index (χ0v) is 6.24. The topological polar surface area (TPSA) is 21.3 Å². The maximum absolute atomic E-state index is 12.0. The van der Waals surface area contributed by atoms with Gasteiger partial charge in [-0.2, -0.15) is 13.2 Å². The Morgan fingerprint density at radius 2 is 2.09 bits per heavy atom. The molecule has 1 rings (SSSR count). The molecule has 6 heteroatoms. The Morgan fingerprint density at radius 3 is 2.45 bits per heavy atom. The molecule has 0 aromatic rings. The van der Waals surface area contributed by atoms with E-state index in [0.717, 1.165) is 0 Å². The molecule has 1 N–H and O–H groups in total. The molecule has 0 aromatic heterocycles. The fraction of sp³-hybridized carbons (Fsp3) is 1.00. The van der Waals surface area contributed by atoms with Gasteiger partial charge in [-0.05, 0) is 0 Å². The van der Waals surface area contributed by atoms with E-state index in [1.807, 2.05) is 0 Å². The smallest absolute Gasteiger partial charge is 0.359 e. The summed E-state index contributed by atoms with van der Waals surface area (Å²) in [5, 5.41) is 2.23. The van der Waals surface area contributed by atoms with Crippen LogP contribution in [0.2, 0.25) is 0 Å². The molecule has 0 aromatic carbocycles. The lowest BCUT2D eigenvalue weighted by atomic mass is 10.3. The summed E-state index contributed by atoms with van der Waals surface area (Å²) >= 11 is 5.26. The van der Waals surface area contributed by atoms with E-state index in [-0.39, 0.29) is 13.2 Å². The zero-order valence-electron chi connectivity index (χ0n) is 5.49. The average Bonchev–Trinajstić information content (AvgIpc) is 1.86. The molecule has 1 fully saturated rings. The molecular weight excluding hydrogens is 183 g/mol. The van der Waals surface area contributed by atoms with Crippen molar-refractivity contribution in [2.45, 2.75) is 17.8 Å². The van der Waals surface area contributed by atoms with E-state index in [1.165, 1.54) is 0 Å². The molecule has 66 valence electrons. The van der Waals surface area contributed by atoms with Crippen molar-refractivity contribution in [3.63, 3.8) is 0 Å². The molecule has 2 atom stereocenters. The van der Waals surface area contributed by atoms with Crippen LogP contribution < -0.4 is 5.32 Å². The van der Waals surface area contributed by atoms with Crippen molar-refractivity contribution < 1.29 is 17.9 Å². The molecule has 1 aliphatic heterocycles. The predicted octanol–water partition coefficient (Wildman–Crippen LogP) is 1.10. The fourth-order valence-corrected chi connectivity index (χ4v) is 1.16. The molecule has 2 nitrogen and oxygen atoms in total. The van der Waals surface area contributed by atoms with Gasteiger partial charge < -0.3 is 10.1 Å². The molecule has 0 bridgehead atoms. The van der Waals surface area contributed by atoms with E-state index < -0.39 is 17.8 Å². The highest BCUT2D eigenvalue weighted by Gasteiger charge is 2.45. The lowest BCUT2D eigenvalue weighted by Crippen LogP contribution is -2.54. The van der Waals surface area contributed by atoms with Crippen molar-refractivity contribution in [1.82, 2.24) is 5.32 Å². The minimum absolute atomic E-state index is 0.188. The van der Waals surface area contributed by atoms with E-state index in [0.29, 0.717) is 0 Å². The van der Waals surface area contributed by atoms with Crippen LogP contribution in [0.5, 0.6) is 0 Å². The highest BCUT2D eigenvalue weighted by Crippen LogP contribution is 2.26. The number of nitrogens with one attached hydrogen (secondary N) is 1. The van der Waals surface area contributed by atoms with Gasteiger partial charge in [0.1, 0.15) is 6.04 Å². The van der Waals surface area contributed by atoms with Crippen LogP contribution in [-0.2, 0) is 4.74 Å². The Kier molecular flexibility index (Phi) is 2.61. The van der Waals surface area contributed by atoms with Crippen LogP contribution in [0.1, 0.15) is 0 Å². The highest BCUT2D eigenvalue weighted by molar-refractivity contribution is 6.20. The summed E-state index contributed by atoms with van der Waals surface area (Å²) in [6, 6.07) is -1.74. The molecule has 0 spiro atoms. The number of morpholine rings is 1. The maximum Gasteiger partial charge on any atom is 0.407 e. The van der Waals surface area contributed by atoms with Gasteiger partial charge in [-0.15, -0.1) is 0 Å². The second kappa shape index (κ2) is 3.16. The molecule has 2 unspecified atom stereocenters. The molecule has 0 saturated carbocycles. The third-order valence-electron chi connectivity index (χ3n) is 1.36. The van der Waals surface area contributed by atoms with Gasteiger partial charge >= 0.3 is 6.18 Å². The Hall–Kier alpha value is 0. The van der Waals surface area contributed by atoms with Gasteiger partial charge in [-0.1, -0.05) is 11.6 Å². The number of ether oxygens (including phenoxy) is 1. The van der Waals surface area contributed by atoms with Crippen molar-refractivity contribution >= 4 is 11.6 Å². The fourth-order valence-electron chi connectivity index (χ4n) is 0.839. The largest absolute Gasteiger partial charge is 0.407 e. The van der Waals surface area contributed by atoms with E-state index in [4.69, 9.17) is 11.6 Å². The lowest BCUT2D eigenvalue weighted by molar-refractivity contribution is -0.183. The monoisotopic (exact) mass is 189 g/mol. The summed E-state index contributed by atoms with van der Waals surface area (Å²) in [4.78, 5) is 0. The molecule has 1 aliphatic rings. The van der Waals surface area contributed by atoms with Crippen LogP contribution in [0.15, 0.2) is 0 Å².